The zero-order valence-corrected chi connectivity index (χ0v) is 14.3. The molecule has 1 saturated carbocycles. The lowest BCUT2D eigenvalue weighted by atomic mass is 9.73. The molecule has 0 radical (unpaired) electrons. The third-order valence-electron chi connectivity index (χ3n) is 6.17. The zero-order chi connectivity index (χ0) is 14.5. The Labute approximate surface area is 135 Å². The highest BCUT2D eigenvalue weighted by Gasteiger charge is 2.41. The van der Waals surface area contributed by atoms with Gasteiger partial charge in [-0.15, -0.1) is 0 Å². The van der Waals surface area contributed by atoms with Crippen LogP contribution in [0.5, 0.6) is 0 Å². The minimum absolute atomic E-state index is 0.202. The molecule has 2 aliphatic heterocycles. The molecule has 2 unspecified atom stereocenters. The van der Waals surface area contributed by atoms with Crippen molar-refractivity contribution in [3.63, 3.8) is 0 Å². The van der Waals surface area contributed by atoms with E-state index in [1.807, 2.05) is 0 Å². The molecule has 3 fully saturated rings. The maximum absolute atomic E-state index is 6.77. The van der Waals surface area contributed by atoms with Crippen molar-refractivity contribution in [1.29, 1.82) is 0 Å². The maximum atomic E-state index is 6.77. The summed E-state index contributed by atoms with van der Waals surface area (Å²) >= 11 is 2.09. The summed E-state index contributed by atoms with van der Waals surface area (Å²) in [6, 6.07) is 0.429. The molecule has 122 valence electrons. The first-order valence-electron chi connectivity index (χ1n) is 9.26. The van der Waals surface area contributed by atoms with Crippen molar-refractivity contribution in [2.45, 2.75) is 82.3 Å². The summed E-state index contributed by atoms with van der Waals surface area (Å²) in [6.07, 6.45) is 14.8. The number of thioether (sulfide) groups is 1. The molecule has 0 amide bonds. The molecule has 1 aliphatic carbocycles. The summed E-state index contributed by atoms with van der Waals surface area (Å²) < 4.78 is 6.25. The second kappa shape index (κ2) is 7.70. The second-order valence-electron chi connectivity index (χ2n) is 7.58. The van der Waals surface area contributed by atoms with Crippen molar-refractivity contribution in [1.82, 2.24) is 0 Å². The average Bonchev–Trinajstić information content (AvgIpc) is 2.47. The van der Waals surface area contributed by atoms with E-state index in [4.69, 9.17) is 10.5 Å². The Morgan fingerprint density at radius 3 is 2.29 bits per heavy atom. The molecule has 3 heteroatoms. The van der Waals surface area contributed by atoms with E-state index in [1.54, 1.807) is 0 Å². The Morgan fingerprint density at radius 1 is 0.905 bits per heavy atom. The van der Waals surface area contributed by atoms with E-state index in [-0.39, 0.29) is 5.60 Å². The van der Waals surface area contributed by atoms with Gasteiger partial charge in [-0.3, -0.25) is 0 Å². The minimum atomic E-state index is 0.202. The highest BCUT2D eigenvalue weighted by molar-refractivity contribution is 7.99. The molecule has 3 aliphatic rings. The van der Waals surface area contributed by atoms with Crippen molar-refractivity contribution in [3.8, 4) is 0 Å². The minimum Gasteiger partial charge on any atom is -0.375 e. The summed E-state index contributed by atoms with van der Waals surface area (Å²) in [5.74, 6) is 4.06. The first kappa shape index (κ1) is 16.1. The summed E-state index contributed by atoms with van der Waals surface area (Å²) in [5, 5.41) is 0. The fourth-order valence-corrected chi connectivity index (χ4v) is 5.98. The van der Waals surface area contributed by atoms with Crippen molar-refractivity contribution in [2.24, 2.45) is 17.6 Å². The lowest BCUT2D eigenvalue weighted by Gasteiger charge is -2.46. The van der Waals surface area contributed by atoms with Gasteiger partial charge in [-0.05, 0) is 61.9 Å². The van der Waals surface area contributed by atoms with Crippen LogP contribution in [0.25, 0.3) is 0 Å². The molecule has 0 bridgehead atoms. The van der Waals surface area contributed by atoms with E-state index in [0.29, 0.717) is 12.0 Å². The molecule has 0 aromatic rings. The highest BCUT2D eigenvalue weighted by Crippen LogP contribution is 2.42. The average molecular weight is 312 g/mol. The molecule has 2 heterocycles. The lowest BCUT2D eigenvalue weighted by Crippen LogP contribution is -2.49. The van der Waals surface area contributed by atoms with Crippen LogP contribution in [0.3, 0.4) is 0 Å². The topological polar surface area (TPSA) is 35.2 Å². The van der Waals surface area contributed by atoms with Gasteiger partial charge in [0.1, 0.15) is 0 Å². The number of nitrogens with two attached hydrogens (primary N) is 1. The van der Waals surface area contributed by atoms with Gasteiger partial charge < -0.3 is 10.5 Å². The van der Waals surface area contributed by atoms with Crippen LogP contribution in [0.4, 0.5) is 0 Å². The second-order valence-corrected chi connectivity index (χ2v) is 8.80. The van der Waals surface area contributed by atoms with Crippen molar-refractivity contribution < 1.29 is 4.74 Å². The number of rotatable bonds is 2. The SMILES string of the molecule is NC(C1CCCCCCC1)C1CCOC2(CCSCC2)C1. The van der Waals surface area contributed by atoms with Crippen LogP contribution in [-0.2, 0) is 4.74 Å². The van der Waals surface area contributed by atoms with E-state index in [0.717, 1.165) is 12.5 Å². The largest absolute Gasteiger partial charge is 0.375 e. The highest BCUT2D eigenvalue weighted by atomic mass is 32.2. The standard InChI is InChI=1S/C18H33NOS/c19-17(15-6-4-2-1-3-5-7-15)16-8-11-20-18(14-16)9-12-21-13-10-18/h15-17H,1-14,19H2. The first-order chi connectivity index (χ1) is 10.3. The molecular formula is C18H33NOS. The fraction of sp³-hybridized carbons (Fsp3) is 1.00. The van der Waals surface area contributed by atoms with E-state index in [9.17, 15) is 0 Å². The molecule has 0 aromatic carbocycles. The molecular weight excluding hydrogens is 278 g/mol. The summed E-state index contributed by atoms with van der Waals surface area (Å²) in [4.78, 5) is 0. The van der Waals surface area contributed by atoms with Gasteiger partial charge in [0, 0.05) is 12.6 Å². The maximum Gasteiger partial charge on any atom is 0.0701 e. The monoisotopic (exact) mass is 311 g/mol. The van der Waals surface area contributed by atoms with Crippen molar-refractivity contribution >= 4 is 11.8 Å². The Bertz CT molecular complexity index is 303. The molecule has 3 rings (SSSR count). The van der Waals surface area contributed by atoms with Gasteiger partial charge in [0.05, 0.1) is 5.60 Å². The predicted molar refractivity (Wildman–Crippen MR) is 91.8 cm³/mol. The number of ether oxygens (including phenoxy) is 1. The zero-order valence-electron chi connectivity index (χ0n) is 13.5. The van der Waals surface area contributed by atoms with E-state index < -0.39 is 0 Å². The van der Waals surface area contributed by atoms with Crippen molar-refractivity contribution in [3.05, 3.63) is 0 Å². The van der Waals surface area contributed by atoms with E-state index in [1.165, 1.54) is 82.1 Å². The quantitative estimate of drug-likeness (QED) is 0.822. The van der Waals surface area contributed by atoms with Crippen molar-refractivity contribution in [2.75, 3.05) is 18.1 Å². The van der Waals surface area contributed by atoms with Crippen LogP contribution in [0, 0.1) is 11.8 Å². The Kier molecular flexibility index (Phi) is 5.92. The van der Waals surface area contributed by atoms with Gasteiger partial charge in [-0.1, -0.05) is 32.1 Å². The summed E-state index contributed by atoms with van der Waals surface area (Å²) in [5.41, 5.74) is 6.97. The smallest absolute Gasteiger partial charge is 0.0701 e. The van der Waals surface area contributed by atoms with Gasteiger partial charge in [0.2, 0.25) is 0 Å². The van der Waals surface area contributed by atoms with Gasteiger partial charge in [-0.2, -0.15) is 11.8 Å². The number of hydrogen-bond donors (Lipinski definition) is 1. The van der Waals surface area contributed by atoms with Gasteiger partial charge >= 0.3 is 0 Å². The summed E-state index contributed by atoms with van der Waals surface area (Å²) in [6.45, 7) is 0.954. The van der Waals surface area contributed by atoms with E-state index in [2.05, 4.69) is 11.8 Å². The molecule has 2 N–H and O–H groups in total. The van der Waals surface area contributed by atoms with Gasteiger partial charge in [0.15, 0.2) is 0 Å². The molecule has 2 atom stereocenters. The normalized spacial score (nSPS) is 33.3. The molecule has 2 saturated heterocycles. The summed E-state index contributed by atoms with van der Waals surface area (Å²) in [7, 11) is 0. The van der Waals surface area contributed by atoms with E-state index >= 15 is 0 Å². The third kappa shape index (κ3) is 4.17. The fourth-order valence-electron chi connectivity index (χ4n) is 4.74. The first-order valence-corrected chi connectivity index (χ1v) is 10.4. The van der Waals surface area contributed by atoms with Crippen LogP contribution >= 0.6 is 11.8 Å². The Balaban J connectivity index is 1.58. The lowest BCUT2D eigenvalue weighted by molar-refractivity contribution is -0.108. The Hall–Kier alpha value is 0.270. The van der Waals surface area contributed by atoms with Crippen LogP contribution in [0.1, 0.15) is 70.6 Å². The van der Waals surface area contributed by atoms with Crippen LogP contribution in [0.15, 0.2) is 0 Å². The van der Waals surface area contributed by atoms with Crippen LogP contribution in [0.2, 0.25) is 0 Å². The molecule has 1 spiro atoms. The third-order valence-corrected chi connectivity index (χ3v) is 7.16. The van der Waals surface area contributed by atoms with Gasteiger partial charge in [0.25, 0.3) is 0 Å². The van der Waals surface area contributed by atoms with Crippen LogP contribution < -0.4 is 5.73 Å². The molecule has 21 heavy (non-hydrogen) atoms. The van der Waals surface area contributed by atoms with Crippen LogP contribution in [-0.4, -0.2) is 29.8 Å². The van der Waals surface area contributed by atoms with Gasteiger partial charge in [-0.25, -0.2) is 0 Å². The number of hydrogen-bond acceptors (Lipinski definition) is 3. The predicted octanol–water partition coefficient (Wildman–Crippen LogP) is 4.37. The molecule has 2 nitrogen and oxygen atoms in total. The Morgan fingerprint density at radius 2 is 1.57 bits per heavy atom. The molecule has 0 aromatic heterocycles.